The van der Waals surface area contributed by atoms with E-state index in [4.69, 9.17) is 15.5 Å². The molecule has 1 saturated carbocycles. The number of ether oxygens (including phenoxy) is 1. The van der Waals surface area contributed by atoms with Gasteiger partial charge in [-0.2, -0.15) is 0 Å². The molecule has 2 fully saturated rings. The minimum Gasteiger partial charge on any atom is -0.491 e. The normalized spacial score (nSPS) is 21.3. The topological polar surface area (TPSA) is 107 Å². The zero-order chi connectivity index (χ0) is 29.2. The third kappa shape index (κ3) is 4.71. The molecule has 1 unspecified atom stereocenters. The second-order valence-corrected chi connectivity index (χ2v) is 12.7. The fourth-order valence-corrected chi connectivity index (χ4v) is 6.47. The van der Waals surface area contributed by atoms with Crippen molar-refractivity contribution in [3.8, 4) is 17.3 Å². The molecule has 2 atom stereocenters. The molecule has 220 valence electrons. The predicted octanol–water partition coefficient (Wildman–Crippen LogP) is 3.81. The SMILES string of the molecule is Cn1c(-c2cc3cccc(OCC4(C)CNC(=O)C4)c3n2CC2CC2)nc2cc3c(cc21)CCN(C[C@H](N)CF)C3=O. The Bertz CT molecular complexity index is 1720. The van der Waals surface area contributed by atoms with Crippen molar-refractivity contribution in [3.05, 3.63) is 47.5 Å². The van der Waals surface area contributed by atoms with Crippen molar-refractivity contribution in [2.45, 2.75) is 45.2 Å². The van der Waals surface area contributed by atoms with Gasteiger partial charge >= 0.3 is 0 Å². The van der Waals surface area contributed by atoms with Crippen LogP contribution in [0.1, 0.15) is 42.1 Å². The van der Waals surface area contributed by atoms with E-state index in [1.807, 2.05) is 25.2 Å². The monoisotopic (exact) mass is 572 g/mol. The van der Waals surface area contributed by atoms with Gasteiger partial charge in [0, 0.05) is 56.0 Å². The molecule has 0 radical (unpaired) electrons. The summed E-state index contributed by atoms with van der Waals surface area (Å²) in [5, 5.41) is 4.01. The molecule has 10 heteroatoms. The van der Waals surface area contributed by atoms with Gasteiger partial charge in [-0.15, -0.1) is 0 Å². The highest BCUT2D eigenvalue weighted by Gasteiger charge is 2.35. The number of rotatable bonds is 9. The van der Waals surface area contributed by atoms with Gasteiger partial charge in [0.2, 0.25) is 5.91 Å². The van der Waals surface area contributed by atoms with Crippen LogP contribution in [0.5, 0.6) is 5.75 Å². The molecular formula is C32H37FN6O3. The number of hydrogen-bond donors (Lipinski definition) is 2. The van der Waals surface area contributed by atoms with Crippen LogP contribution in [-0.4, -0.2) is 69.8 Å². The molecule has 3 N–H and O–H groups in total. The van der Waals surface area contributed by atoms with Crippen molar-refractivity contribution in [1.29, 1.82) is 0 Å². The number of nitrogens with one attached hydrogen (secondary N) is 1. The van der Waals surface area contributed by atoms with Crippen molar-refractivity contribution in [2.24, 2.45) is 24.1 Å². The molecule has 9 nitrogen and oxygen atoms in total. The number of imidazole rings is 1. The van der Waals surface area contributed by atoms with E-state index in [1.165, 1.54) is 12.8 Å². The number of benzene rings is 2. The van der Waals surface area contributed by atoms with E-state index in [0.29, 0.717) is 44.0 Å². The Hall–Kier alpha value is -3.92. The highest BCUT2D eigenvalue weighted by molar-refractivity contribution is 6.01. The Morgan fingerprint density at radius 3 is 2.81 bits per heavy atom. The largest absolute Gasteiger partial charge is 0.491 e. The summed E-state index contributed by atoms with van der Waals surface area (Å²) >= 11 is 0. The van der Waals surface area contributed by atoms with Gasteiger partial charge in [0.1, 0.15) is 12.4 Å². The van der Waals surface area contributed by atoms with Gasteiger partial charge < -0.3 is 29.8 Å². The lowest BCUT2D eigenvalue weighted by Crippen LogP contribution is -2.45. The van der Waals surface area contributed by atoms with Crippen LogP contribution in [0.25, 0.3) is 33.5 Å². The van der Waals surface area contributed by atoms with Crippen LogP contribution in [0.3, 0.4) is 0 Å². The zero-order valence-electron chi connectivity index (χ0n) is 24.2. The van der Waals surface area contributed by atoms with Gasteiger partial charge in [-0.3, -0.25) is 9.59 Å². The Kier molecular flexibility index (Phi) is 6.49. The Balaban J connectivity index is 1.28. The van der Waals surface area contributed by atoms with Gasteiger partial charge in [0.05, 0.1) is 34.9 Å². The average Bonchev–Trinajstić information content (AvgIpc) is 3.52. The number of nitrogens with zero attached hydrogens (tertiary/aromatic N) is 4. The molecule has 0 bridgehead atoms. The Morgan fingerprint density at radius 1 is 1.24 bits per heavy atom. The summed E-state index contributed by atoms with van der Waals surface area (Å²) < 4.78 is 23.9. The Labute approximate surface area is 243 Å². The molecule has 4 aromatic rings. The Morgan fingerprint density at radius 2 is 2.07 bits per heavy atom. The van der Waals surface area contributed by atoms with E-state index in [2.05, 4.69) is 39.6 Å². The third-order valence-electron chi connectivity index (χ3n) is 9.05. The number of alkyl halides is 1. The molecular weight excluding hydrogens is 535 g/mol. The summed E-state index contributed by atoms with van der Waals surface area (Å²) in [6.45, 7) is 4.10. The highest BCUT2D eigenvalue weighted by Crippen LogP contribution is 2.40. The van der Waals surface area contributed by atoms with Crippen LogP contribution in [0, 0.1) is 11.3 Å². The fourth-order valence-electron chi connectivity index (χ4n) is 6.47. The van der Waals surface area contributed by atoms with Crippen LogP contribution in [0.2, 0.25) is 0 Å². The number of amides is 2. The van der Waals surface area contributed by atoms with Gasteiger partial charge in [-0.05, 0) is 55.0 Å². The van der Waals surface area contributed by atoms with E-state index in [-0.39, 0.29) is 23.8 Å². The van der Waals surface area contributed by atoms with Gasteiger partial charge in [0.25, 0.3) is 5.91 Å². The second-order valence-electron chi connectivity index (χ2n) is 12.7. The number of para-hydroxylation sites is 1. The summed E-state index contributed by atoms with van der Waals surface area (Å²) in [6.07, 6.45) is 3.56. The fraction of sp³-hybridized carbons (Fsp3) is 0.469. The molecule has 4 heterocycles. The first kappa shape index (κ1) is 26.9. The number of carbonyl (C=O) groups is 2. The minimum atomic E-state index is -0.678. The van der Waals surface area contributed by atoms with Crippen LogP contribution >= 0.6 is 0 Å². The quantitative estimate of drug-likeness (QED) is 0.317. The first-order valence-corrected chi connectivity index (χ1v) is 14.9. The summed E-state index contributed by atoms with van der Waals surface area (Å²) in [5.41, 5.74) is 10.9. The lowest BCUT2D eigenvalue weighted by atomic mass is 9.91. The highest BCUT2D eigenvalue weighted by atomic mass is 19.1. The van der Waals surface area contributed by atoms with Gasteiger partial charge in [0.15, 0.2) is 5.82 Å². The maximum absolute atomic E-state index is 13.3. The van der Waals surface area contributed by atoms with Crippen molar-refractivity contribution < 1.29 is 18.7 Å². The lowest BCUT2D eigenvalue weighted by Gasteiger charge is -2.30. The van der Waals surface area contributed by atoms with E-state index >= 15 is 0 Å². The summed E-state index contributed by atoms with van der Waals surface area (Å²) in [4.78, 5) is 31.9. The van der Waals surface area contributed by atoms with Crippen LogP contribution in [0.15, 0.2) is 36.4 Å². The van der Waals surface area contributed by atoms with E-state index in [0.717, 1.165) is 51.3 Å². The molecule has 0 spiro atoms. The molecule has 7 rings (SSSR count). The third-order valence-corrected chi connectivity index (χ3v) is 9.05. The van der Waals surface area contributed by atoms with E-state index in [9.17, 15) is 14.0 Å². The lowest BCUT2D eigenvalue weighted by molar-refractivity contribution is -0.119. The summed E-state index contributed by atoms with van der Waals surface area (Å²) in [7, 11) is 2.02. The summed E-state index contributed by atoms with van der Waals surface area (Å²) in [5.74, 6) is 2.21. The van der Waals surface area contributed by atoms with Gasteiger partial charge in [-0.1, -0.05) is 19.1 Å². The number of aromatic nitrogens is 3. The molecule has 42 heavy (non-hydrogen) atoms. The number of nitrogens with two attached hydrogens (primary N) is 1. The molecule has 1 saturated heterocycles. The zero-order valence-corrected chi connectivity index (χ0v) is 24.2. The second kappa shape index (κ2) is 10.1. The van der Waals surface area contributed by atoms with Crippen LogP contribution < -0.4 is 15.8 Å². The first-order chi connectivity index (χ1) is 20.2. The van der Waals surface area contributed by atoms with E-state index in [1.54, 1.807) is 4.90 Å². The maximum atomic E-state index is 13.3. The van der Waals surface area contributed by atoms with Crippen LogP contribution in [-0.2, 0) is 24.8 Å². The molecule has 2 aliphatic heterocycles. The standard InChI is InChI=1S/C32H37FN6O3/c1-32(13-28(40)35-17-32)18-42-27-5-3-4-21-11-26(39(29(21)27)15-19-6-7-19)30-36-24-12-23-20(10-25(24)37(30)2)8-9-38(31(23)41)16-22(34)14-33/h3-5,10-12,19,22H,6-9,13-18,34H2,1-2H3,(H,35,40)/t22-,32?/m1/s1. The number of fused-ring (bicyclic) bond motifs is 3. The molecule has 2 aromatic heterocycles. The smallest absolute Gasteiger partial charge is 0.254 e. The van der Waals surface area contributed by atoms with Crippen molar-refractivity contribution in [1.82, 2.24) is 24.3 Å². The number of hydrogen-bond acceptors (Lipinski definition) is 5. The van der Waals surface area contributed by atoms with Crippen molar-refractivity contribution in [3.63, 3.8) is 0 Å². The molecule has 3 aliphatic rings. The minimum absolute atomic E-state index is 0.0694. The number of halogens is 1. The molecule has 2 amide bonds. The van der Waals surface area contributed by atoms with Crippen LogP contribution in [0.4, 0.5) is 4.39 Å². The van der Waals surface area contributed by atoms with Crippen molar-refractivity contribution >= 4 is 33.8 Å². The summed E-state index contributed by atoms with van der Waals surface area (Å²) in [6, 6.07) is 11.6. The first-order valence-electron chi connectivity index (χ1n) is 14.9. The number of carbonyl (C=O) groups excluding carboxylic acids is 2. The number of aryl methyl sites for hydroxylation is 1. The average molecular weight is 573 g/mol. The van der Waals surface area contributed by atoms with E-state index < -0.39 is 12.7 Å². The maximum Gasteiger partial charge on any atom is 0.254 e. The molecule has 1 aliphatic carbocycles. The van der Waals surface area contributed by atoms with Gasteiger partial charge in [-0.25, -0.2) is 9.37 Å². The van der Waals surface area contributed by atoms with Crippen molar-refractivity contribution in [2.75, 3.05) is 32.9 Å². The molecule has 2 aromatic carbocycles. The predicted molar refractivity (Wildman–Crippen MR) is 159 cm³/mol.